The predicted molar refractivity (Wildman–Crippen MR) is 88.4 cm³/mol. The molecule has 0 spiro atoms. The quantitative estimate of drug-likeness (QED) is 0.801. The second-order valence-electron chi connectivity index (χ2n) is 5.49. The Hall–Kier alpha value is -0.580. The van der Waals surface area contributed by atoms with Crippen LogP contribution in [0.3, 0.4) is 0 Å². The van der Waals surface area contributed by atoms with Crippen LogP contribution >= 0.6 is 15.9 Å². The van der Waals surface area contributed by atoms with Crippen LogP contribution in [-0.4, -0.2) is 32.3 Å². The third-order valence-corrected chi connectivity index (χ3v) is 4.49. The van der Waals surface area contributed by atoms with Gasteiger partial charge in [-0.1, -0.05) is 22.9 Å². The lowest BCUT2D eigenvalue weighted by Crippen LogP contribution is -2.37. The Morgan fingerprint density at radius 1 is 1.45 bits per heavy atom. The van der Waals surface area contributed by atoms with Crippen molar-refractivity contribution in [2.75, 3.05) is 25.1 Å². The number of anilines is 1. The highest BCUT2D eigenvalue weighted by Gasteiger charge is 2.28. The van der Waals surface area contributed by atoms with Gasteiger partial charge in [-0.3, -0.25) is 0 Å². The standard InChI is InChI=1S/C16H25BrN2O/c1-4-8-18-11-13-10-14(17)5-6-16(13)19(3)15-7-9-20-12(15)2/h5-6,10,12,15,18H,4,7-9,11H2,1-3H3. The molecule has 1 fully saturated rings. The molecule has 2 atom stereocenters. The first-order valence-corrected chi connectivity index (χ1v) is 8.26. The Morgan fingerprint density at radius 3 is 2.90 bits per heavy atom. The smallest absolute Gasteiger partial charge is 0.0750 e. The Labute approximate surface area is 130 Å². The lowest BCUT2D eigenvalue weighted by atomic mass is 10.1. The van der Waals surface area contributed by atoms with Gasteiger partial charge in [-0.25, -0.2) is 0 Å². The van der Waals surface area contributed by atoms with Crippen LogP contribution in [0.5, 0.6) is 0 Å². The summed E-state index contributed by atoms with van der Waals surface area (Å²) in [7, 11) is 2.18. The number of hydrogen-bond donors (Lipinski definition) is 1. The highest BCUT2D eigenvalue weighted by Crippen LogP contribution is 2.29. The summed E-state index contributed by atoms with van der Waals surface area (Å²) in [5.41, 5.74) is 2.65. The minimum atomic E-state index is 0.306. The van der Waals surface area contributed by atoms with Gasteiger partial charge in [0.1, 0.15) is 0 Å². The van der Waals surface area contributed by atoms with E-state index >= 15 is 0 Å². The highest BCUT2D eigenvalue weighted by atomic mass is 79.9. The van der Waals surface area contributed by atoms with Crippen LogP contribution in [0.1, 0.15) is 32.3 Å². The van der Waals surface area contributed by atoms with Crippen molar-refractivity contribution in [3.63, 3.8) is 0 Å². The van der Waals surface area contributed by atoms with E-state index in [1.165, 1.54) is 11.3 Å². The summed E-state index contributed by atoms with van der Waals surface area (Å²) in [6, 6.07) is 7.02. The van der Waals surface area contributed by atoms with E-state index in [1.807, 2.05) is 0 Å². The van der Waals surface area contributed by atoms with E-state index in [0.29, 0.717) is 12.1 Å². The number of benzene rings is 1. The van der Waals surface area contributed by atoms with Gasteiger partial charge in [0.15, 0.2) is 0 Å². The fraction of sp³-hybridized carbons (Fsp3) is 0.625. The SMILES string of the molecule is CCCNCc1cc(Br)ccc1N(C)C1CCOC1C. The van der Waals surface area contributed by atoms with Crippen LogP contribution in [0.2, 0.25) is 0 Å². The molecule has 112 valence electrons. The largest absolute Gasteiger partial charge is 0.376 e. The molecule has 2 rings (SSSR count). The molecule has 2 unspecified atom stereocenters. The summed E-state index contributed by atoms with van der Waals surface area (Å²) in [5.74, 6) is 0. The second-order valence-corrected chi connectivity index (χ2v) is 6.41. The molecule has 1 heterocycles. The molecule has 1 aliphatic rings. The number of rotatable bonds is 6. The van der Waals surface area contributed by atoms with Crippen molar-refractivity contribution in [1.82, 2.24) is 5.32 Å². The van der Waals surface area contributed by atoms with Crippen LogP contribution in [-0.2, 0) is 11.3 Å². The van der Waals surface area contributed by atoms with E-state index in [1.54, 1.807) is 0 Å². The van der Waals surface area contributed by atoms with Gasteiger partial charge >= 0.3 is 0 Å². The van der Waals surface area contributed by atoms with Crippen LogP contribution in [0.15, 0.2) is 22.7 Å². The Bertz CT molecular complexity index is 438. The van der Waals surface area contributed by atoms with Crippen molar-refractivity contribution in [1.29, 1.82) is 0 Å². The average molecular weight is 341 g/mol. The molecule has 1 aliphatic heterocycles. The van der Waals surface area contributed by atoms with Crippen LogP contribution in [0, 0.1) is 0 Å². The van der Waals surface area contributed by atoms with E-state index in [0.717, 1.165) is 37.0 Å². The van der Waals surface area contributed by atoms with Gasteiger partial charge in [0, 0.05) is 30.4 Å². The van der Waals surface area contributed by atoms with Crippen LogP contribution in [0.4, 0.5) is 5.69 Å². The Kier molecular flexibility index (Phi) is 5.87. The van der Waals surface area contributed by atoms with E-state index in [2.05, 4.69) is 65.2 Å². The van der Waals surface area contributed by atoms with Crippen molar-refractivity contribution in [2.24, 2.45) is 0 Å². The fourth-order valence-corrected chi connectivity index (χ4v) is 3.26. The molecule has 1 N–H and O–H groups in total. The lowest BCUT2D eigenvalue weighted by molar-refractivity contribution is 0.118. The molecule has 0 saturated carbocycles. The van der Waals surface area contributed by atoms with Gasteiger partial charge in [0.05, 0.1) is 12.1 Å². The molecule has 0 bridgehead atoms. The number of ether oxygens (including phenoxy) is 1. The van der Waals surface area contributed by atoms with Gasteiger partial charge in [0.25, 0.3) is 0 Å². The van der Waals surface area contributed by atoms with Crippen molar-refractivity contribution in [2.45, 2.75) is 45.4 Å². The molecule has 20 heavy (non-hydrogen) atoms. The zero-order valence-electron chi connectivity index (χ0n) is 12.7. The van der Waals surface area contributed by atoms with Crippen LogP contribution < -0.4 is 10.2 Å². The number of hydrogen-bond acceptors (Lipinski definition) is 3. The minimum absolute atomic E-state index is 0.306. The maximum atomic E-state index is 5.70. The summed E-state index contributed by atoms with van der Waals surface area (Å²) in [6.07, 6.45) is 2.57. The first kappa shape index (κ1) is 15.8. The summed E-state index contributed by atoms with van der Waals surface area (Å²) in [4.78, 5) is 2.38. The molecule has 4 heteroatoms. The zero-order chi connectivity index (χ0) is 14.5. The lowest BCUT2D eigenvalue weighted by Gasteiger charge is -2.31. The molecule has 1 saturated heterocycles. The summed E-state index contributed by atoms with van der Waals surface area (Å²) < 4.78 is 6.84. The van der Waals surface area contributed by atoms with Crippen LogP contribution in [0.25, 0.3) is 0 Å². The first-order valence-electron chi connectivity index (χ1n) is 7.47. The summed E-state index contributed by atoms with van der Waals surface area (Å²) in [5, 5.41) is 3.50. The highest BCUT2D eigenvalue weighted by molar-refractivity contribution is 9.10. The zero-order valence-corrected chi connectivity index (χ0v) is 14.2. The summed E-state index contributed by atoms with van der Waals surface area (Å²) in [6.45, 7) is 7.20. The molecule has 0 radical (unpaired) electrons. The normalized spacial score (nSPS) is 22.2. The Balaban J connectivity index is 2.16. The van der Waals surface area contributed by atoms with Gasteiger partial charge in [-0.15, -0.1) is 0 Å². The summed E-state index contributed by atoms with van der Waals surface area (Å²) >= 11 is 3.58. The molecule has 1 aromatic rings. The molecule has 0 amide bonds. The monoisotopic (exact) mass is 340 g/mol. The number of likely N-dealkylation sites (N-methyl/N-ethyl adjacent to an activating group) is 1. The fourth-order valence-electron chi connectivity index (χ4n) is 2.85. The molecule has 0 aliphatic carbocycles. The molecule has 1 aromatic carbocycles. The van der Waals surface area contributed by atoms with Gasteiger partial charge < -0.3 is 15.0 Å². The average Bonchev–Trinajstić information content (AvgIpc) is 2.85. The molecule has 0 aromatic heterocycles. The minimum Gasteiger partial charge on any atom is -0.376 e. The van der Waals surface area contributed by atoms with Crippen molar-refractivity contribution in [3.05, 3.63) is 28.2 Å². The molecular weight excluding hydrogens is 316 g/mol. The number of nitrogens with zero attached hydrogens (tertiary/aromatic N) is 1. The van der Waals surface area contributed by atoms with Gasteiger partial charge in [-0.2, -0.15) is 0 Å². The third-order valence-electron chi connectivity index (χ3n) is 4.00. The van der Waals surface area contributed by atoms with E-state index in [4.69, 9.17) is 4.74 Å². The van der Waals surface area contributed by atoms with Crippen molar-refractivity contribution >= 4 is 21.6 Å². The number of nitrogens with one attached hydrogen (secondary N) is 1. The third kappa shape index (κ3) is 3.74. The van der Waals surface area contributed by atoms with E-state index in [-0.39, 0.29) is 0 Å². The van der Waals surface area contributed by atoms with Crippen molar-refractivity contribution in [3.8, 4) is 0 Å². The van der Waals surface area contributed by atoms with E-state index < -0.39 is 0 Å². The predicted octanol–water partition coefficient (Wildman–Crippen LogP) is 3.56. The molecular formula is C16H25BrN2O. The maximum absolute atomic E-state index is 5.70. The number of halogens is 1. The van der Waals surface area contributed by atoms with Gasteiger partial charge in [-0.05, 0) is 50.1 Å². The van der Waals surface area contributed by atoms with Crippen molar-refractivity contribution < 1.29 is 4.74 Å². The van der Waals surface area contributed by atoms with Gasteiger partial charge in [0.2, 0.25) is 0 Å². The maximum Gasteiger partial charge on any atom is 0.0750 e. The second kappa shape index (κ2) is 7.43. The first-order chi connectivity index (χ1) is 9.63. The topological polar surface area (TPSA) is 24.5 Å². The molecule has 3 nitrogen and oxygen atoms in total. The Morgan fingerprint density at radius 2 is 2.25 bits per heavy atom. The van der Waals surface area contributed by atoms with E-state index in [9.17, 15) is 0 Å².